The molecule has 6 rings (SSSR count). The molecule has 2 saturated heterocycles. The summed E-state index contributed by atoms with van der Waals surface area (Å²) < 4.78 is 92.2. The maximum Gasteiger partial charge on any atom is 0.306 e. The van der Waals surface area contributed by atoms with E-state index in [1.165, 1.54) is 0 Å². The Hall–Kier alpha value is -3.80. The van der Waals surface area contributed by atoms with Crippen LogP contribution in [0.4, 0.5) is 17.6 Å². The molecule has 0 aromatic heterocycles. The summed E-state index contributed by atoms with van der Waals surface area (Å²) in [7, 11) is 0. The lowest BCUT2D eigenvalue weighted by Crippen LogP contribution is -2.36. The molecule has 2 heterocycles. The van der Waals surface area contributed by atoms with E-state index in [-0.39, 0.29) is 113 Å². The molecule has 2 aromatic rings. The van der Waals surface area contributed by atoms with E-state index < -0.39 is 42.4 Å². The van der Waals surface area contributed by atoms with Gasteiger partial charge in [-0.1, -0.05) is 133 Å². The zero-order chi connectivity index (χ0) is 57.6. The Labute approximate surface area is 481 Å². The molecule has 0 amide bonds. The molecule has 2 aliphatic heterocycles. The van der Waals surface area contributed by atoms with Crippen molar-refractivity contribution in [3.8, 4) is 0 Å². The standard InChI is InChI=1S/C32H50F2O6.C32H46F2O6.CH4/c2*1-2-3-20-32(33,34)29(36)19-18-26-25(27(35)22-28(26)40-31-17-11-12-21-38-31)15-9-4-5-10-16-30(37)39-23-24-13-7-6-8-14-24;/h6-8,13-14,25-29,31,35-36H,2-5,9-12,15-23H2,1H3;6-8,13-14,25-26,28,31H,2-5,9-12,15-23H2,1H3;1H4/t25?,26-,27+,28-,29?,31?;25?,26-,28-,31?;/m11./s1. The van der Waals surface area contributed by atoms with Gasteiger partial charge in [-0.25, -0.2) is 8.78 Å². The summed E-state index contributed by atoms with van der Waals surface area (Å²) in [4.78, 5) is 49.5. The van der Waals surface area contributed by atoms with Crippen LogP contribution in [0.2, 0.25) is 0 Å². The molecule has 2 saturated carbocycles. The molecule has 0 spiro atoms. The smallest absolute Gasteiger partial charge is 0.306 e. The summed E-state index contributed by atoms with van der Waals surface area (Å²) in [6, 6.07) is 19.2. The molecular formula is C65H100F4O12. The summed E-state index contributed by atoms with van der Waals surface area (Å²) in [5.41, 5.74) is 1.92. The second-order valence-corrected chi connectivity index (χ2v) is 22.9. The van der Waals surface area contributed by atoms with Crippen molar-refractivity contribution in [2.45, 2.75) is 276 Å². The Kier molecular flexibility index (Phi) is 32.9. The second kappa shape index (κ2) is 38.2. The number of hydrogen-bond acceptors (Lipinski definition) is 12. The number of carbonyl (C=O) groups excluding carboxylic acids is 4. The zero-order valence-electron chi connectivity index (χ0n) is 48.1. The van der Waals surface area contributed by atoms with Gasteiger partial charge in [0.2, 0.25) is 5.78 Å². The highest BCUT2D eigenvalue weighted by molar-refractivity contribution is 5.86. The van der Waals surface area contributed by atoms with Crippen molar-refractivity contribution in [3.63, 3.8) is 0 Å². The van der Waals surface area contributed by atoms with Crippen LogP contribution < -0.4 is 0 Å². The van der Waals surface area contributed by atoms with Gasteiger partial charge in [-0.2, -0.15) is 8.78 Å². The lowest BCUT2D eigenvalue weighted by atomic mass is 9.84. The summed E-state index contributed by atoms with van der Waals surface area (Å²) in [6.45, 7) is 5.50. The number of ether oxygens (including phenoxy) is 6. The maximum atomic E-state index is 14.5. The Morgan fingerprint density at radius 1 is 0.617 bits per heavy atom. The molecule has 10 atom stereocenters. The first-order chi connectivity index (χ1) is 38.6. The maximum absolute atomic E-state index is 14.5. The number of alkyl halides is 4. The van der Waals surface area contributed by atoms with E-state index in [0.717, 1.165) is 101 Å². The summed E-state index contributed by atoms with van der Waals surface area (Å²) in [5.74, 6) is -8.54. The minimum absolute atomic E-state index is 0. The van der Waals surface area contributed by atoms with Gasteiger partial charge in [-0.3, -0.25) is 19.2 Å². The van der Waals surface area contributed by atoms with Gasteiger partial charge in [0.1, 0.15) is 25.1 Å². The quantitative estimate of drug-likeness (QED) is 0.0378. The van der Waals surface area contributed by atoms with Gasteiger partial charge in [0.05, 0.1) is 18.3 Å². The first kappa shape index (κ1) is 69.7. The minimum atomic E-state index is -3.32. The highest BCUT2D eigenvalue weighted by Gasteiger charge is 2.47. The van der Waals surface area contributed by atoms with Crippen LogP contribution in [0.5, 0.6) is 0 Å². The van der Waals surface area contributed by atoms with Crippen molar-refractivity contribution in [2.24, 2.45) is 23.7 Å². The molecule has 5 unspecified atom stereocenters. The third-order valence-electron chi connectivity index (χ3n) is 16.6. The molecular weight excluding hydrogens is 1050 g/mol. The molecule has 4 fully saturated rings. The molecule has 81 heavy (non-hydrogen) atoms. The lowest BCUT2D eigenvalue weighted by molar-refractivity contribution is -0.197. The molecule has 2 N–H and O–H groups in total. The number of rotatable bonds is 36. The van der Waals surface area contributed by atoms with Crippen molar-refractivity contribution < 1.29 is 75.4 Å². The summed E-state index contributed by atoms with van der Waals surface area (Å²) in [5, 5.41) is 21.3. The largest absolute Gasteiger partial charge is 0.461 e. The molecule has 460 valence electrons. The Morgan fingerprint density at radius 3 is 1.67 bits per heavy atom. The predicted molar refractivity (Wildman–Crippen MR) is 304 cm³/mol. The fourth-order valence-corrected chi connectivity index (χ4v) is 11.8. The summed E-state index contributed by atoms with van der Waals surface area (Å²) in [6.07, 6.45) is 12.9. The first-order valence-corrected chi connectivity index (χ1v) is 30.7. The lowest BCUT2D eigenvalue weighted by Gasteiger charge is -2.31. The predicted octanol–water partition coefficient (Wildman–Crippen LogP) is 14.9. The van der Waals surface area contributed by atoms with E-state index in [1.54, 1.807) is 0 Å². The number of aliphatic hydroxyl groups is 2. The van der Waals surface area contributed by atoms with Crippen LogP contribution >= 0.6 is 0 Å². The van der Waals surface area contributed by atoms with Crippen LogP contribution in [-0.2, 0) is 60.8 Å². The third-order valence-corrected chi connectivity index (χ3v) is 16.6. The number of Topliss-reactive ketones (excluding diaryl/α,β-unsaturated/α-hetero) is 2. The Balaban J connectivity index is 0.000000344. The molecule has 2 aromatic carbocycles. The van der Waals surface area contributed by atoms with E-state index >= 15 is 0 Å². The number of hydrogen-bond donors (Lipinski definition) is 2. The van der Waals surface area contributed by atoms with Gasteiger partial charge >= 0.3 is 17.9 Å². The van der Waals surface area contributed by atoms with Crippen molar-refractivity contribution in [1.29, 1.82) is 0 Å². The van der Waals surface area contributed by atoms with Gasteiger partial charge in [0.25, 0.3) is 5.92 Å². The molecule has 12 nitrogen and oxygen atoms in total. The van der Waals surface area contributed by atoms with Gasteiger partial charge < -0.3 is 38.6 Å². The zero-order valence-corrected chi connectivity index (χ0v) is 48.1. The number of aliphatic hydroxyl groups excluding tert-OH is 2. The number of halogens is 4. The van der Waals surface area contributed by atoms with Crippen LogP contribution in [-0.4, -0.2) is 95.8 Å². The van der Waals surface area contributed by atoms with Crippen molar-refractivity contribution in [3.05, 3.63) is 71.8 Å². The third kappa shape index (κ3) is 25.5. The average Bonchev–Trinajstić information content (AvgIpc) is 3.97. The van der Waals surface area contributed by atoms with E-state index in [0.29, 0.717) is 77.4 Å². The van der Waals surface area contributed by atoms with Crippen LogP contribution in [0, 0.1) is 23.7 Å². The molecule has 0 radical (unpaired) electrons. The Morgan fingerprint density at radius 2 is 1.14 bits per heavy atom. The SMILES string of the molecule is C.CCCCC(F)(F)C(=O)CC[C@@H]1C(CCCCCCC(=O)OCc2ccccc2)C(=O)C[C@H]1OC1CCCCO1.CCCCC(F)(F)C(O)CC[C@@H]1C(CCCCCCC(=O)OCc2ccccc2)[C@@H](O)C[C@H]1OC1CCCCO1. The van der Waals surface area contributed by atoms with Crippen LogP contribution in [0.3, 0.4) is 0 Å². The molecule has 4 aliphatic rings. The molecule has 0 bridgehead atoms. The molecule has 2 aliphatic carbocycles. The number of ketones is 2. The number of esters is 2. The fraction of sp³-hybridized carbons (Fsp3) is 0.754. The Bertz CT molecular complexity index is 2030. The minimum Gasteiger partial charge on any atom is -0.461 e. The van der Waals surface area contributed by atoms with E-state index in [1.807, 2.05) is 74.5 Å². The van der Waals surface area contributed by atoms with Crippen molar-refractivity contribution in [1.82, 2.24) is 0 Å². The van der Waals surface area contributed by atoms with E-state index in [4.69, 9.17) is 28.4 Å². The molecule has 16 heteroatoms. The van der Waals surface area contributed by atoms with Crippen molar-refractivity contribution in [2.75, 3.05) is 13.2 Å². The normalized spacial score (nSPS) is 24.4. The van der Waals surface area contributed by atoms with Gasteiger partial charge in [-0.15, -0.1) is 0 Å². The fourth-order valence-electron chi connectivity index (χ4n) is 11.8. The van der Waals surface area contributed by atoms with E-state index in [2.05, 4.69) is 0 Å². The second-order valence-electron chi connectivity index (χ2n) is 22.9. The number of benzene rings is 2. The van der Waals surface area contributed by atoms with E-state index in [9.17, 15) is 47.0 Å². The van der Waals surface area contributed by atoms with Crippen molar-refractivity contribution >= 4 is 23.5 Å². The highest BCUT2D eigenvalue weighted by Crippen LogP contribution is 2.44. The average molecular weight is 1150 g/mol. The first-order valence-electron chi connectivity index (χ1n) is 30.7. The number of unbranched alkanes of at least 4 members (excludes halogenated alkanes) is 8. The van der Waals surface area contributed by atoms with Crippen LogP contribution in [0.1, 0.15) is 225 Å². The van der Waals surface area contributed by atoms with Gasteiger partial charge in [0.15, 0.2) is 12.6 Å². The van der Waals surface area contributed by atoms with Crippen LogP contribution in [0.15, 0.2) is 60.7 Å². The highest BCUT2D eigenvalue weighted by atomic mass is 19.3. The topological polar surface area (TPSA) is 164 Å². The summed E-state index contributed by atoms with van der Waals surface area (Å²) >= 11 is 0. The number of carbonyl (C=O) groups is 4. The van der Waals surface area contributed by atoms with Gasteiger partial charge in [0, 0.05) is 64.1 Å². The van der Waals surface area contributed by atoms with Gasteiger partial charge in [-0.05, 0) is 125 Å². The van der Waals surface area contributed by atoms with Crippen LogP contribution in [0.25, 0.3) is 0 Å². The monoisotopic (exact) mass is 1150 g/mol.